The van der Waals surface area contributed by atoms with Crippen molar-refractivity contribution < 1.29 is 34.4 Å². The number of ether oxygens (including phenoxy) is 1. The average molecular weight is 345 g/mol. The van der Waals surface area contributed by atoms with Crippen LogP contribution < -0.4 is 10.1 Å². The van der Waals surface area contributed by atoms with Gasteiger partial charge in [-0.1, -0.05) is 18.2 Å². The molecular weight excluding hydrogens is 330 g/mol. The first-order chi connectivity index (χ1) is 11.8. The molecular formula is C17H15NO7. The second-order valence-corrected chi connectivity index (χ2v) is 5.08. The van der Waals surface area contributed by atoms with Gasteiger partial charge in [0.1, 0.15) is 5.75 Å². The molecule has 0 saturated carbocycles. The first-order valence-corrected chi connectivity index (χ1v) is 7.13. The molecule has 0 aliphatic carbocycles. The van der Waals surface area contributed by atoms with E-state index in [0.29, 0.717) is 5.56 Å². The molecule has 25 heavy (non-hydrogen) atoms. The van der Waals surface area contributed by atoms with Crippen molar-refractivity contribution in [2.75, 3.05) is 0 Å². The highest BCUT2D eigenvalue weighted by Gasteiger charge is 2.19. The van der Waals surface area contributed by atoms with Gasteiger partial charge in [0.05, 0.1) is 11.1 Å². The molecule has 4 N–H and O–H groups in total. The number of hydrogen-bond donors (Lipinski definition) is 4. The number of carboxylic acid groups (broad SMARTS) is 1. The Morgan fingerprint density at radius 3 is 2.40 bits per heavy atom. The van der Waals surface area contributed by atoms with Crippen molar-refractivity contribution in [2.24, 2.45) is 0 Å². The number of nitrogens with one attached hydrogen (secondary N) is 1. The second-order valence-electron chi connectivity index (χ2n) is 5.08. The Kier molecular flexibility index (Phi) is 5.23. The molecule has 0 aliphatic heterocycles. The van der Waals surface area contributed by atoms with Crippen LogP contribution >= 0.6 is 0 Å². The maximum atomic E-state index is 12.2. The lowest BCUT2D eigenvalue weighted by Gasteiger charge is -2.11. The van der Waals surface area contributed by atoms with E-state index in [-0.39, 0.29) is 29.2 Å². The average Bonchev–Trinajstić information content (AvgIpc) is 2.55. The smallest absolute Gasteiger partial charge is 0.336 e. The number of aromatic hydroxyl groups is 2. The lowest BCUT2D eigenvalue weighted by Crippen LogP contribution is -2.24. The Bertz CT molecular complexity index is 845. The number of phenols is 2. The van der Waals surface area contributed by atoms with Crippen LogP contribution in [0.4, 0.5) is 0 Å². The number of hydrogen-bond acceptors (Lipinski definition) is 6. The zero-order chi connectivity index (χ0) is 18.6. The number of carboxylic acids is 1. The van der Waals surface area contributed by atoms with Gasteiger partial charge in [-0.25, -0.2) is 4.79 Å². The monoisotopic (exact) mass is 345 g/mol. The van der Waals surface area contributed by atoms with Crippen molar-refractivity contribution in [1.29, 1.82) is 0 Å². The fourth-order valence-corrected chi connectivity index (χ4v) is 2.15. The normalized spacial score (nSPS) is 10.1. The summed E-state index contributed by atoms with van der Waals surface area (Å²) in [6.07, 6.45) is 0. The molecule has 0 aromatic heterocycles. The summed E-state index contributed by atoms with van der Waals surface area (Å²) in [6.45, 7) is 0.991. The van der Waals surface area contributed by atoms with E-state index in [1.807, 2.05) is 0 Å². The molecule has 8 heteroatoms. The van der Waals surface area contributed by atoms with Crippen LogP contribution in [0.25, 0.3) is 0 Å². The minimum atomic E-state index is -1.14. The van der Waals surface area contributed by atoms with Gasteiger partial charge in [-0.15, -0.1) is 0 Å². The molecule has 2 aromatic rings. The molecule has 0 saturated heterocycles. The maximum absolute atomic E-state index is 12.2. The summed E-state index contributed by atoms with van der Waals surface area (Å²) in [7, 11) is 0. The number of aromatic carboxylic acids is 1. The maximum Gasteiger partial charge on any atom is 0.336 e. The molecule has 0 spiro atoms. The summed E-state index contributed by atoms with van der Waals surface area (Å²) in [5.74, 6) is -4.00. The minimum Gasteiger partial charge on any atom is -0.508 e. The van der Waals surface area contributed by atoms with E-state index < -0.39 is 23.6 Å². The van der Waals surface area contributed by atoms with Gasteiger partial charge < -0.3 is 25.4 Å². The molecule has 8 nitrogen and oxygen atoms in total. The zero-order valence-corrected chi connectivity index (χ0v) is 13.1. The fraction of sp³-hybridized carbons (Fsp3) is 0.118. The number of carbonyl (C=O) groups excluding carboxylic acids is 2. The van der Waals surface area contributed by atoms with Gasteiger partial charge in [0, 0.05) is 19.5 Å². The predicted molar refractivity (Wildman–Crippen MR) is 85.7 cm³/mol. The molecule has 0 radical (unpaired) electrons. The van der Waals surface area contributed by atoms with Crippen LogP contribution in [0.2, 0.25) is 0 Å². The Hall–Kier alpha value is -3.55. The van der Waals surface area contributed by atoms with Crippen LogP contribution in [-0.2, 0) is 11.3 Å². The molecule has 130 valence electrons. The number of rotatable bonds is 5. The van der Waals surface area contributed by atoms with Crippen LogP contribution in [0, 0.1) is 0 Å². The molecule has 2 rings (SSSR count). The van der Waals surface area contributed by atoms with Crippen molar-refractivity contribution in [2.45, 2.75) is 13.5 Å². The van der Waals surface area contributed by atoms with Crippen molar-refractivity contribution in [3.05, 3.63) is 53.1 Å². The van der Waals surface area contributed by atoms with E-state index in [2.05, 4.69) is 5.32 Å². The van der Waals surface area contributed by atoms with Crippen molar-refractivity contribution >= 4 is 17.8 Å². The Balaban J connectivity index is 2.23. The van der Waals surface area contributed by atoms with Crippen LogP contribution in [0.1, 0.15) is 33.2 Å². The van der Waals surface area contributed by atoms with Gasteiger partial charge in [-0.3, -0.25) is 9.59 Å². The van der Waals surface area contributed by atoms with E-state index >= 15 is 0 Å². The Labute approximate surface area is 142 Å². The Morgan fingerprint density at radius 2 is 1.76 bits per heavy atom. The number of carbonyl (C=O) groups is 3. The van der Waals surface area contributed by atoms with Crippen molar-refractivity contribution in [3.8, 4) is 17.2 Å². The predicted octanol–water partition coefficient (Wildman–Crippen LogP) is 1.65. The highest BCUT2D eigenvalue weighted by Crippen LogP contribution is 2.34. The van der Waals surface area contributed by atoms with Crippen molar-refractivity contribution in [3.63, 3.8) is 0 Å². The molecule has 0 heterocycles. The van der Waals surface area contributed by atoms with Crippen molar-refractivity contribution in [1.82, 2.24) is 5.32 Å². The fourth-order valence-electron chi connectivity index (χ4n) is 2.15. The second kappa shape index (κ2) is 7.35. The van der Waals surface area contributed by atoms with E-state index in [1.54, 1.807) is 12.1 Å². The lowest BCUT2D eigenvalue weighted by molar-refractivity contribution is -0.132. The van der Waals surface area contributed by atoms with Crippen LogP contribution in [0.5, 0.6) is 17.2 Å². The molecule has 2 aromatic carbocycles. The molecule has 1 amide bonds. The molecule has 0 fully saturated rings. The number of benzene rings is 2. The Morgan fingerprint density at radius 1 is 1.08 bits per heavy atom. The first kappa shape index (κ1) is 17.8. The summed E-state index contributed by atoms with van der Waals surface area (Å²) < 4.78 is 4.72. The van der Waals surface area contributed by atoms with E-state index in [9.17, 15) is 24.6 Å². The largest absolute Gasteiger partial charge is 0.508 e. The van der Waals surface area contributed by atoms with Gasteiger partial charge in [0.2, 0.25) is 0 Å². The molecule has 0 bridgehead atoms. The van der Waals surface area contributed by atoms with Crippen LogP contribution in [-0.4, -0.2) is 33.2 Å². The SMILES string of the molecule is CC(=O)Oc1cc(O)cc(C(=O)NCc2ccccc2C(=O)O)c1O. The third-order valence-electron chi connectivity index (χ3n) is 3.25. The number of esters is 1. The number of amides is 1. The number of phenolic OH excluding ortho intramolecular Hbond substituents is 2. The standard InChI is InChI=1S/C17H15NO7/c1-9(19)25-14-7-11(20)6-13(15(14)21)16(22)18-8-10-4-2-3-5-12(10)17(23)24/h2-7,20-21H,8H2,1H3,(H,18,22)(H,23,24). The van der Waals surface area contributed by atoms with Gasteiger partial charge >= 0.3 is 11.9 Å². The van der Waals surface area contributed by atoms with Gasteiger partial charge in [-0.05, 0) is 17.7 Å². The summed E-state index contributed by atoms with van der Waals surface area (Å²) in [6, 6.07) is 8.11. The minimum absolute atomic E-state index is 0.0310. The van der Waals surface area contributed by atoms with E-state index in [4.69, 9.17) is 9.84 Å². The van der Waals surface area contributed by atoms with E-state index in [0.717, 1.165) is 19.1 Å². The summed E-state index contributed by atoms with van der Waals surface area (Å²) in [5, 5.41) is 31.2. The third kappa shape index (κ3) is 4.25. The third-order valence-corrected chi connectivity index (χ3v) is 3.25. The highest BCUT2D eigenvalue weighted by atomic mass is 16.5. The van der Waals surface area contributed by atoms with Gasteiger partial charge in [0.25, 0.3) is 5.91 Å². The topological polar surface area (TPSA) is 133 Å². The highest BCUT2D eigenvalue weighted by molar-refractivity contribution is 5.98. The van der Waals surface area contributed by atoms with Crippen LogP contribution in [0.3, 0.4) is 0 Å². The summed E-state index contributed by atoms with van der Waals surface area (Å²) >= 11 is 0. The molecule has 0 aliphatic rings. The molecule has 0 unspecified atom stereocenters. The van der Waals surface area contributed by atoms with Gasteiger partial charge in [-0.2, -0.15) is 0 Å². The quantitative estimate of drug-likeness (QED) is 0.368. The zero-order valence-electron chi connectivity index (χ0n) is 13.1. The molecule has 0 atom stereocenters. The summed E-state index contributed by atoms with van der Waals surface area (Å²) in [4.78, 5) is 34.4. The lowest BCUT2D eigenvalue weighted by atomic mass is 10.1. The first-order valence-electron chi connectivity index (χ1n) is 7.13. The summed E-state index contributed by atoms with van der Waals surface area (Å²) in [5.41, 5.74) is 0.0794. The van der Waals surface area contributed by atoms with Crippen LogP contribution in [0.15, 0.2) is 36.4 Å². The van der Waals surface area contributed by atoms with E-state index in [1.165, 1.54) is 12.1 Å². The van der Waals surface area contributed by atoms with Gasteiger partial charge in [0.15, 0.2) is 11.5 Å².